The first-order valence-electron chi connectivity index (χ1n) is 5.36. The van der Waals surface area contributed by atoms with Crippen LogP contribution in [0.2, 0.25) is 0 Å². The van der Waals surface area contributed by atoms with Gasteiger partial charge in [0.2, 0.25) is 0 Å². The monoisotopic (exact) mass is 229 g/mol. The highest BCUT2D eigenvalue weighted by atomic mass is 19.3. The number of benzene rings is 1. The lowest BCUT2D eigenvalue weighted by Crippen LogP contribution is -2.05. The normalized spacial score (nSPS) is 10.9. The van der Waals surface area contributed by atoms with Gasteiger partial charge in [0.15, 0.2) is 0 Å². The third-order valence-corrected chi connectivity index (χ3v) is 2.13. The zero-order chi connectivity index (χ0) is 12.0. The van der Waals surface area contributed by atoms with Gasteiger partial charge in [0.25, 0.3) is 0 Å². The fraction of sp³-hybridized carbons (Fsp3) is 0.500. The zero-order valence-corrected chi connectivity index (χ0v) is 9.54. The van der Waals surface area contributed by atoms with Crippen molar-refractivity contribution in [3.05, 3.63) is 24.3 Å². The Morgan fingerprint density at radius 1 is 1.19 bits per heavy atom. The van der Waals surface area contributed by atoms with Gasteiger partial charge in [-0.2, -0.15) is 8.78 Å². The molecule has 0 amide bonds. The van der Waals surface area contributed by atoms with Crippen molar-refractivity contribution in [1.29, 1.82) is 0 Å². The van der Waals surface area contributed by atoms with Crippen molar-refractivity contribution in [1.82, 2.24) is 0 Å². The van der Waals surface area contributed by atoms with Gasteiger partial charge >= 0.3 is 6.61 Å². The molecule has 0 radical (unpaired) electrons. The van der Waals surface area contributed by atoms with E-state index in [-0.39, 0.29) is 5.75 Å². The summed E-state index contributed by atoms with van der Waals surface area (Å²) in [5, 5.41) is 3.21. The molecule has 0 atom stereocenters. The molecule has 16 heavy (non-hydrogen) atoms. The highest BCUT2D eigenvalue weighted by Gasteiger charge is 2.03. The van der Waals surface area contributed by atoms with Gasteiger partial charge in [-0.3, -0.25) is 0 Å². The standard InChI is InChI=1S/C12H17F2NO/c1-9(2)7-8-15-10-3-5-11(6-4-10)16-12(13)14/h3-6,9,12,15H,7-8H2,1-2H3. The second kappa shape index (κ2) is 6.30. The van der Waals surface area contributed by atoms with Crippen LogP contribution in [0.1, 0.15) is 20.3 Å². The minimum atomic E-state index is -2.76. The highest BCUT2D eigenvalue weighted by Crippen LogP contribution is 2.17. The Hall–Kier alpha value is -1.32. The van der Waals surface area contributed by atoms with Crippen LogP contribution in [0.3, 0.4) is 0 Å². The summed E-state index contributed by atoms with van der Waals surface area (Å²) in [7, 11) is 0. The molecular formula is C12H17F2NO. The third kappa shape index (κ3) is 4.96. The Morgan fingerprint density at radius 3 is 2.31 bits per heavy atom. The zero-order valence-electron chi connectivity index (χ0n) is 9.54. The Bertz CT molecular complexity index is 298. The second-order valence-electron chi connectivity index (χ2n) is 4.01. The molecule has 0 saturated heterocycles. The molecule has 0 aromatic heterocycles. The van der Waals surface area contributed by atoms with Crippen LogP contribution in [0.5, 0.6) is 5.75 Å². The molecule has 0 bridgehead atoms. The van der Waals surface area contributed by atoms with E-state index in [9.17, 15) is 8.78 Å². The van der Waals surface area contributed by atoms with Crippen molar-refractivity contribution in [3.63, 3.8) is 0 Å². The van der Waals surface area contributed by atoms with Crippen molar-refractivity contribution in [2.24, 2.45) is 5.92 Å². The van der Waals surface area contributed by atoms with E-state index in [1.54, 1.807) is 12.1 Å². The van der Waals surface area contributed by atoms with Gasteiger partial charge in [0.05, 0.1) is 0 Å². The number of ether oxygens (including phenoxy) is 1. The van der Waals surface area contributed by atoms with Gasteiger partial charge in [-0.15, -0.1) is 0 Å². The van der Waals surface area contributed by atoms with Gasteiger partial charge in [0.1, 0.15) is 5.75 Å². The van der Waals surface area contributed by atoms with Crippen LogP contribution in [-0.2, 0) is 0 Å². The average Bonchev–Trinajstić information content (AvgIpc) is 2.19. The van der Waals surface area contributed by atoms with Crippen LogP contribution < -0.4 is 10.1 Å². The molecule has 1 rings (SSSR count). The summed E-state index contributed by atoms with van der Waals surface area (Å²) in [6.45, 7) is 2.43. The molecule has 0 fully saturated rings. The van der Waals surface area contributed by atoms with Crippen LogP contribution in [0, 0.1) is 5.92 Å². The lowest BCUT2D eigenvalue weighted by atomic mass is 10.1. The number of hydrogen-bond donors (Lipinski definition) is 1. The molecule has 0 unspecified atom stereocenters. The number of rotatable bonds is 6. The fourth-order valence-corrected chi connectivity index (χ4v) is 1.26. The largest absolute Gasteiger partial charge is 0.435 e. The molecule has 1 aromatic carbocycles. The summed E-state index contributed by atoms with van der Waals surface area (Å²) in [4.78, 5) is 0. The number of hydrogen-bond acceptors (Lipinski definition) is 2. The van der Waals surface area contributed by atoms with E-state index < -0.39 is 6.61 Å². The predicted molar refractivity (Wildman–Crippen MR) is 61.0 cm³/mol. The first kappa shape index (κ1) is 12.7. The summed E-state index contributed by atoms with van der Waals surface area (Å²) in [6, 6.07) is 6.53. The highest BCUT2D eigenvalue weighted by molar-refractivity contribution is 5.46. The maximum Gasteiger partial charge on any atom is 0.387 e. The Kier molecular flexibility index (Phi) is 5.02. The van der Waals surface area contributed by atoms with E-state index >= 15 is 0 Å². The predicted octanol–water partition coefficient (Wildman–Crippen LogP) is 3.75. The molecule has 90 valence electrons. The Balaban J connectivity index is 2.39. The van der Waals surface area contributed by atoms with E-state index in [1.165, 1.54) is 12.1 Å². The van der Waals surface area contributed by atoms with Crippen molar-refractivity contribution in [2.75, 3.05) is 11.9 Å². The lowest BCUT2D eigenvalue weighted by molar-refractivity contribution is -0.0498. The summed E-state index contributed by atoms with van der Waals surface area (Å²) >= 11 is 0. The van der Waals surface area contributed by atoms with Gasteiger partial charge in [-0.1, -0.05) is 13.8 Å². The maximum atomic E-state index is 11.9. The van der Waals surface area contributed by atoms with E-state index in [1.807, 2.05) is 0 Å². The fourth-order valence-electron chi connectivity index (χ4n) is 1.26. The van der Waals surface area contributed by atoms with E-state index in [0.29, 0.717) is 5.92 Å². The number of alkyl halides is 2. The average molecular weight is 229 g/mol. The molecule has 0 spiro atoms. The van der Waals surface area contributed by atoms with Gasteiger partial charge < -0.3 is 10.1 Å². The van der Waals surface area contributed by atoms with Gasteiger partial charge in [-0.05, 0) is 36.6 Å². The summed E-state index contributed by atoms with van der Waals surface area (Å²) in [5.74, 6) is 0.832. The number of anilines is 1. The maximum absolute atomic E-state index is 11.9. The van der Waals surface area contributed by atoms with Crippen LogP contribution in [0.4, 0.5) is 14.5 Å². The molecule has 0 heterocycles. The molecule has 1 aromatic rings. The molecule has 0 saturated carbocycles. The van der Waals surface area contributed by atoms with Crippen molar-refractivity contribution in [3.8, 4) is 5.75 Å². The molecule has 1 N–H and O–H groups in total. The van der Waals surface area contributed by atoms with Crippen molar-refractivity contribution >= 4 is 5.69 Å². The third-order valence-electron chi connectivity index (χ3n) is 2.13. The smallest absolute Gasteiger partial charge is 0.387 e. The van der Waals surface area contributed by atoms with E-state index in [0.717, 1.165) is 18.7 Å². The van der Waals surface area contributed by atoms with E-state index in [4.69, 9.17) is 0 Å². The quantitative estimate of drug-likeness (QED) is 0.802. The molecule has 0 aliphatic heterocycles. The molecular weight excluding hydrogens is 212 g/mol. The molecule has 2 nitrogen and oxygen atoms in total. The van der Waals surface area contributed by atoms with Crippen molar-refractivity contribution in [2.45, 2.75) is 26.9 Å². The molecule has 0 aliphatic rings. The topological polar surface area (TPSA) is 21.3 Å². The van der Waals surface area contributed by atoms with Gasteiger partial charge in [-0.25, -0.2) is 0 Å². The van der Waals surface area contributed by atoms with Crippen LogP contribution in [-0.4, -0.2) is 13.2 Å². The SMILES string of the molecule is CC(C)CCNc1ccc(OC(F)F)cc1. The minimum Gasteiger partial charge on any atom is -0.435 e. The minimum absolute atomic E-state index is 0.185. The summed E-state index contributed by atoms with van der Waals surface area (Å²) in [5.41, 5.74) is 0.919. The van der Waals surface area contributed by atoms with Crippen LogP contribution in [0.25, 0.3) is 0 Å². The Labute approximate surface area is 94.6 Å². The van der Waals surface area contributed by atoms with E-state index in [2.05, 4.69) is 23.9 Å². The summed E-state index contributed by atoms with van der Waals surface area (Å²) in [6.07, 6.45) is 1.08. The van der Waals surface area contributed by atoms with Crippen molar-refractivity contribution < 1.29 is 13.5 Å². The first-order valence-corrected chi connectivity index (χ1v) is 5.36. The number of halogens is 2. The second-order valence-corrected chi connectivity index (χ2v) is 4.01. The number of nitrogens with one attached hydrogen (secondary N) is 1. The summed E-state index contributed by atoms with van der Waals surface area (Å²) < 4.78 is 28.0. The van der Waals surface area contributed by atoms with Gasteiger partial charge in [0, 0.05) is 12.2 Å². The van der Waals surface area contributed by atoms with Crippen LogP contribution in [0.15, 0.2) is 24.3 Å². The van der Waals surface area contributed by atoms with Crippen LogP contribution >= 0.6 is 0 Å². The molecule has 0 aliphatic carbocycles. The lowest BCUT2D eigenvalue weighted by Gasteiger charge is -2.09. The first-order chi connectivity index (χ1) is 7.58. The molecule has 4 heteroatoms. The Morgan fingerprint density at radius 2 is 1.81 bits per heavy atom.